The molecule has 0 aliphatic heterocycles. The van der Waals surface area contributed by atoms with Gasteiger partial charge in [-0.3, -0.25) is 4.79 Å². The van der Waals surface area contributed by atoms with Gasteiger partial charge in [0.05, 0.1) is 14.2 Å². The van der Waals surface area contributed by atoms with E-state index in [2.05, 4.69) is 15.3 Å². The number of imidazole rings is 1. The largest absolute Gasteiger partial charge is 0.493 e. The van der Waals surface area contributed by atoms with Crippen LogP contribution in [0.15, 0.2) is 48.3 Å². The van der Waals surface area contributed by atoms with Crippen LogP contribution in [0, 0.1) is 5.82 Å². The number of ether oxygens (including phenoxy) is 3. The second-order valence-corrected chi connectivity index (χ2v) is 8.49. The van der Waals surface area contributed by atoms with E-state index in [-0.39, 0.29) is 29.8 Å². The highest BCUT2D eigenvalue weighted by molar-refractivity contribution is 6.06. The van der Waals surface area contributed by atoms with Gasteiger partial charge in [-0.15, -0.1) is 0 Å². The Bertz CT molecular complexity index is 1390. The fourth-order valence-electron chi connectivity index (χ4n) is 4.05. The third-order valence-electron chi connectivity index (χ3n) is 5.94. The van der Waals surface area contributed by atoms with Crippen LogP contribution in [0.4, 0.5) is 9.18 Å². The number of hydrogen-bond donors (Lipinski definition) is 2. The average molecular weight is 507 g/mol. The van der Waals surface area contributed by atoms with Crippen molar-refractivity contribution in [1.82, 2.24) is 20.2 Å². The van der Waals surface area contributed by atoms with Crippen molar-refractivity contribution in [3.63, 3.8) is 0 Å². The van der Waals surface area contributed by atoms with Crippen molar-refractivity contribution in [3.8, 4) is 17.2 Å². The van der Waals surface area contributed by atoms with Gasteiger partial charge in [-0.2, -0.15) is 0 Å². The summed E-state index contributed by atoms with van der Waals surface area (Å²) in [4.78, 5) is 32.6. The molecule has 0 bridgehead atoms. The van der Waals surface area contributed by atoms with Crippen molar-refractivity contribution in [2.45, 2.75) is 6.92 Å². The molecule has 4 rings (SSSR count). The van der Waals surface area contributed by atoms with Gasteiger partial charge in [0.1, 0.15) is 5.82 Å². The molecule has 37 heavy (non-hydrogen) atoms. The fourth-order valence-corrected chi connectivity index (χ4v) is 4.05. The van der Waals surface area contributed by atoms with Crippen molar-refractivity contribution < 1.29 is 28.2 Å². The number of carbonyl (C=O) groups excluding carboxylic acids is 2. The van der Waals surface area contributed by atoms with Gasteiger partial charge in [0, 0.05) is 33.0 Å². The first-order valence-corrected chi connectivity index (χ1v) is 11.4. The third kappa shape index (κ3) is 5.18. The van der Waals surface area contributed by atoms with Crippen molar-refractivity contribution in [2.24, 2.45) is 0 Å². The molecule has 0 radical (unpaired) electrons. The van der Waals surface area contributed by atoms with Crippen LogP contribution in [0.3, 0.4) is 0 Å². The summed E-state index contributed by atoms with van der Waals surface area (Å²) in [5, 5.41) is 2.84. The van der Waals surface area contributed by atoms with E-state index in [0.29, 0.717) is 22.6 Å². The number of benzene rings is 2. The monoisotopic (exact) mass is 506 g/mol. The van der Waals surface area contributed by atoms with Gasteiger partial charge in [-0.05, 0) is 70.7 Å². The molecule has 1 aromatic heterocycles. The number of aromatic nitrogens is 2. The van der Waals surface area contributed by atoms with E-state index in [1.165, 1.54) is 37.4 Å². The number of rotatable bonds is 7. The van der Waals surface area contributed by atoms with E-state index in [9.17, 15) is 14.0 Å². The first-order valence-electron chi connectivity index (χ1n) is 11.4. The summed E-state index contributed by atoms with van der Waals surface area (Å²) in [5.74, 6) is 0.239. The van der Waals surface area contributed by atoms with E-state index in [0.717, 1.165) is 22.3 Å². The first-order chi connectivity index (χ1) is 17.7. The summed E-state index contributed by atoms with van der Waals surface area (Å²) >= 11 is 0. The van der Waals surface area contributed by atoms with Crippen LogP contribution in [0.5, 0.6) is 17.2 Å². The number of fused-ring (bicyclic) bond motifs is 1. The number of halogens is 1. The zero-order chi connectivity index (χ0) is 26.7. The summed E-state index contributed by atoms with van der Waals surface area (Å²) in [5.41, 5.74) is 4.74. The zero-order valence-electron chi connectivity index (χ0n) is 21.1. The molecule has 9 nitrogen and oxygen atoms in total. The van der Waals surface area contributed by atoms with Crippen LogP contribution in [0.25, 0.3) is 17.2 Å². The highest BCUT2D eigenvalue weighted by Crippen LogP contribution is 2.44. The number of hydrogen-bond acceptors (Lipinski definition) is 6. The molecular formula is C27H27FN4O5. The smallest absolute Gasteiger partial charge is 0.414 e. The van der Waals surface area contributed by atoms with Gasteiger partial charge < -0.3 is 29.4 Å². The number of nitrogens with zero attached hydrogens (tertiary/aromatic N) is 2. The lowest BCUT2D eigenvalue weighted by atomic mass is 10.00. The minimum Gasteiger partial charge on any atom is -0.493 e. The highest BCUT2D eigenvalue weighted by Gasteiger charge is 2.26. The molecule has 1 aliphatic carbocycles. The molecule has 0 spiro atoms. The fraction of sp³-hybridized carbons (Fsp3) is 0.222. The maximum atomic E-state index is 14.2. The topological polar surface area (TPSA) is 106 Å². The Morgan fingerprint density at radius 3 is 2.41 bits per heavy atom. The van der Waals surface area contributed by atoms with E-state index in [4.69, 9.17) is 14.2 Å². The van der Waals surface area contributed by atoms with E-state index in [1.807, 2.05) is 13.0 Å². The minimum absolute atomic E-state index is 0.160. The summed E-state index contributed by atoms with van der Waals surface area (Å²) in [6.45, 7) is 2.10. The maximum absolute atomic E-state index is 14.2. The number of H-pyrrole nitrogens is 1. The predicted octanol–water partition coefficient (Wildman–Crippen LogP) is 4.38. The predicted molar refractivity (Wildman–Crippen MR) is 137 cm³/mol. The molecule has 2 amide bonds. The maximum Gasteiger partial charge on any atom is 0.414 e. The second kappa shape index (κ2) is 10.6. The lowest BCUT2D eigenvalue weighted by Crippen LogP contribution is -2.26. The molecule has 2 N–H and O–H groups in total. The number of allylic oxidation sites excluding steroid dienone is 2. The summed E-state index contributed by atoms with van der Waals surface area (Å²) in [6, 6.07) is 8.01. The van der Waals surface area contributed by atoms with Gasteiger partial charge in [-0.25, -0.2) is 14.2 Å². The average Bonchev–Trinajstić information content (AvgIpc) is 3.50. The number of carbonyl (C=O) groups is 2. The number of methoxy groups -OCH3 is 2. The molecule has 192 valence electrons. The first kappa shape index (κ1) is 25.5. The zero-order valence-corrected chi connectivity index (χ0v) is 21.1. The van der Waals surface area contributed by atoms with E-state index in [1.54, 1.807) is 38.5 Å². The van der Waals surface area contributed by atoms with E-state index < -0.39 is 6.09 Å². The van der Waals surface area contributed by atoms with Crippen LogP contribution >= 0.6 is 0 Å². The van der Waals surface area contributed by atoms with Gasteiger partial charge in [0.25, 0.3) is 5.91 Å². The van der Waals surface area contributed by atoms with Crippen LogP contribution in [-0.4, -0.2) is 61.7 Å². The molecule has 0 saturated carbocycles. The van der Waals surface area contributed by atoms with Gasteiger partial charge >= 0.3 is 6.09 Å². The standard InChI is InChI=1S/C27H27FN4O5/c1-15-19(10-16-11-22(35-4)24(23(12-16)36-5)37-27(34)32(2)3)18-7-6-17(28)13-20(18)21(15)14-31-26(33)25-29-8-9-30-25/h6-13H,14H2,1-5H3,(H,29,30)(H,31,33). The molecule has 0 atom stereocenters. The normalized spacial score (nSPS) is 13.4. The summed E-state index contributed by atoms with van der Waals surface area (Å²) in [6.07, 6.45) is 4.40. The van der Waals surface area contributed by atoms with Gasteiger partial charge in [0.15, 0.2) is 17.3 Å². The third-order valence-corrected chi connectivity index (χ3v) is 5.94. The lowest BCUT2D eigenvalue weighted by molar-refractivity contribution is 0.0949. The van der Waals surface area contributed by atoms with Crippen molar-refractivity contribution in [2.75, 3.05) is 34.9 Å². The van der Waals surface area contributed by atoms with Crippen molar-refractivity contribution >= 4 is 29.2 Å². The molecule has 10 heteroatoms. The Hall–Kier alpha value is -4.60. The van der Waals surface area contributed by atoms with Crippen molar-refractivity contribution in [1.29, 1.82) is 0 Å². The minimum atomic E-state index is -0.575. The lowest BCUT2D eigenvalue weighted by Gasteiger charge is -2.17. The summed E-state index contributed by atoms with van der Waals surface area (Å²) < 4.78 is 30.6. The van der Waals surface area contributed by atoms with Crippen LogP contribution in [-0.2, 0) is 0 Å². The Balaban J connectivity index is 1.74. The molecule has 0 saturated heterocycles. The Morgan fingerprint density at radius 2 is 1.81 bits per heavy atom. The molecular weight excluding hydrogens is 479 g/mol. The molecule has 3 aromatic rings. The quantitative estimate of drug-likeness (QED) is 0.493. The molecule has 1 heterocycles. The molecule has 0 unspecified atom stereocenters. The molecule has 0 fully saturated rings. The number of amides is 2. The van der Waals surface area contributed by atoms with Crippen LogP contribution in [0.2, 0.25) is 0 Å². The van der Waals surface area contributed by atoms with Gasteiger partial charge in [0.2, 0.25) is 5.75 Å². The number of aromatic amines is 1. The Morgan fingerprint density at radius 1 is 1.11 bits per heavy atom. The SMILES string of the molecule is COc1cc(C=C2C(C)=C(CNC(=O)c3ncc[nH]3)c3cc(F)ccc32)cc(OC)c1OC(=O)N(C)C. The van der Waals surface area contributed by atoms with Crippen LogP contribution in [0.1, 0.15) is 34.2 Å². The second-order valence-electron chi connectivity index (χ2n) is 8.49. The van der Waals surface area contributed by atoms with Gasteiger partial charge in [-0.1, -0.05) is 6.07 Å². The number of nitrogens with one attached hydrogen (secondary N) is 2. The Kier molecular flexibility index (Phi) is 7.28. The van der Waals surface area contributed by atoms with E-state index >= 15 is 0 Å². The molecule has 2 aromatic carbocycles. The molecule has 1 aliphatic rings. The van der Waals surface area contributed by atoms with Crippen LogP contribution < -0.4 is 19.5 Å². The Labute approximate surface area is 213 Å². The summed E-state index contributed by atoms with van der Waals surface area (Å²) in [7, 11) is 6.09. The highest BCUT2D eigenvalue weighted by atomic mass is 19.1. The van der Waals surface area contributed by atoms with Crippen molar-refractivity contribution in [3.05, 3.63) is 76.6 Å².